The molecule has 0 aromatic heterocycles. The molecule has 1 aromatic carbocycles. The summed E-state index contributed by atoms with van der Waals surface area (Å²) >= 11 is 0. The van der Waals surface area contributed by atoms with Gasteiger partial charge in [-0.3, -0.25) is 4.79 Å². The highest BCUT2D eigenvalue weighted by atomic mass is 16.3. The summed E-state index contributed by atoms with van der Waals surface area (Å²) < 4.78 is 0. The van der Waals surface area contributed by atoms with E-state index in [0.717, 1.165) is 37.7 Å². The molecule has 0 spiro atoms. The van der Waals surface area contributed by atoms with E-state index in [0.29, 0.717) is 18.0 Å². The summed E-state index contributed by atoms with van der Waals surface area (Å²) in [5.74, 6) is 0.666. The first-order valence-electron chi connectivity index (χ1n) is 7.74. The minimum atomic E-state index is -0.772. The highest BCUT2D eigenvalue weighted by Crippen LogP contribution is 2.33. The van der Waals surface area contributed by atoms with Crippen LogP contribution in [0.1, 0.15) is 54.9 Å². The molecular formula is C17H25NO3. The molecule has 2 rings (SSSR count). The molecule has 116 valence electrons. The van der Waals surface area contributed by atoms with Crippen LogP contribution in [-0.2, 0) is 0 Å². The Morgan fingerprint density at radius 3 is 2.62 bits per heavy atom. The van der Waals surface area contributed by atoms with Crippen LogP contribution in [0, 0.1) is 12.8 Å². The number of phenolic OH excluding ortho intramolecular Hbond substituents is 1. The number of aliphatic hydroxyl groups is 1. The average Bonchev–Trinajstić information content (AvgIpc) is 2.46. The molecular weight excluding hydrogens is 266 g/mol. The van der Waals surface area contributed by atoms with Gasteiger partial charge in [-0.1, -0.05) is 13.3 Å². The summed E-state index contributed by atoms with van der Waals surface area (Å²) in [6.07, 6.45) is 4.72. The van der Waals surface area contributed by atoms with Crippen molar-refractivity contribution in [1.82, 2.24) is 5.32 Å². The monoisotopic (exact) mass is 291 g/mol. The number of hydrogen-bond acceptors (Lipinski definition) is 3. The van der Waals surface area contributed by atoms with E-state index in [9.17, 15) is 15.0 Å². The molecule has 21 heavy (non-hydrogen) atoms. The van der Waals surface area contributed by atoms with E-state index in [2.05, 4.69) is 12.2 Å². The molecule has 1 aromatic rings. The lowest BCUT2D eigenvalue weighted by atomic mass is 9.78. The minimum absolute atomic E-state index is 0.153. The number of hydrogen-bond donors (Lipinski definition) is 3. The summed E-state index contributed by atoms with van der Waals surface area (Å²) in [7, 11) is 0. The van der Waals surface area contributed by atoms with Crippen molar-refractivity contribution in [3.8, 4) is 5.75 Å². The van der Waals surface area contributed by atoms with Gasteiger partial charge in [-0.05, 0) is 62.3 Å². The predicted molar refractivity (Wildman–Crippen MR) is 82.4 cm³/mol. The van der Waals surface area contributed by atoms with Crippen LogP contribution in [-0.4, -0.2) is 28.3 Å². The fourth-order valence-electron chi connectivity index (χ4n) is 3.04. The number of aromatic hydroxyl groups is 1. The largest absolute Gasteiger partial charge is 0.508 e. The van der Waals surface area contributed by atoms with E-state index in [-0.39, 0.29) is 11.7 Å². The van der Waals surface area contributed by atoms with Crippen LogP contribution >= 0.6 is 0 Å². The minimum Gasteiger partial charge on any atom is -0.508 e. The number of rotatable bonds is 4. The maximum absolute atomic E-state index is 12.2. The SMILES string of the molecule is CCC1CCC(O)(CNC(=O)c2ccc(O)cc2C)CC1. The first-order chi connectivity index (χ1) is 9.93. The summed E-state index contributed by atoms with van der Waals surface area (Å²) in [6, 6.07) is 4.68. The van der Waals surface area contributed by atoms with Crippen molar-refractivity contribution in [3.63, 3.8) is 0 Å². The van der Waals surface area contributed by atoms with Gasteiger partial charge in [-0.15, -0.1) is 0 Å². The van der Waals surface area contributed by atoms with Crippen LogP contribution in [0.25, 0.3) is 0 Å². The quantitative estimate of drug-likeness (QED) is 0.799. The molecule has 4 nitrogen and oxygen atoms in total. The van der Waals surface area contributed by atoms with Crippen molar-refractivity contribution in [2.75, 3.05) is 6.54 Å². The summed E-state index contributed by atoms with van der Waals surface area (Å²) in [5, 5.41) is 22.7. The maximum Gasteiger partial charge on any atom is 0.251 e. The lowest BCUT2D eigenvalue weighted by molar-refractivity contribution is -0.00787. The standard InChI is InChI=1S/C17H25NO3/c1-3-13-6-8-17(21,9-7-13)11-18-16(20)15-5-4-14(19)10-12(15)2/h4-5,10,13,19,21H,3,6-9,11H2,1-2H3,(H,18,20). The van der Waals surface area contributed by atoms with Gasteiger partial charge in [0, 0.05) is 12.1 Å². The van der Waals surface area contributed by atoms with Crippen LogP contribution in [0.5, 0.6) is 5.75 Å². The van der Waals surface area contributed by atoms with Crippen molar-refractivity contribution >= 4 is 5.91 Å². The van der Waals surface area contributed by atoms with E-state index >= 15 is 0 Å². The third-order valence-corrected chi connectivity index (χ3v) is 4.65. The molecule has 0 unspecified atom stereocenters. The smallest absolute Gasteiger partial charge is 0.251 e. The third kappa shape index (κ3) is 3.97. The van der Waals surface area contributed by atoms with Gasteiger partial charge in [0.15, 0.2) is 0 Å². The Balaban J connectivity index is 1.92. The fourth-order valence-corrected chi connectivity index (χ4v) is 3.04. The van der Waals surface area contributed by atoms with Gasteiger partial charge in [0.1, 0.15) is 5.75 Å². The number of benzene rings is 1. The zero-order chi connectivity index (χ0) is 15.5. The molecule has 1 fully saturated rings. The number of carbonyl (C=O) groups is 1. The molecule has 0 saturated heterocycles. The summed E-state index contributed by atoms with van der Waals surface area (Å²) in [4.78, 5) is 12.2. The van der Waals surface area contributed by atoms with Crippen molar-refractivity contribution in [2.45, 2.75) is 51.6 Å². The Hall–Kier alpha value is -1.55. The average molecular weight is 291 g/mol. The Morgan fingerprint density at radius 1 is 1.38 bits per heavy atom. The first kappa shape index (κ1) is 15.8. The highest BCUT2D eigenvalue weighted by Gasteiger charge is 2.33. The Morgan fingerprint density at radius 2 is 2.05 bits per heavy atom. The van der Waals surface area contributed by atoms with E-state index in [1.807, 2.05) is 0 Å². The molecule has 0 aliphatic heterocycles. The lowest BCUT2D eigenvalue weighted by Gasteiger charge is -2.35. The van der Waals surface area contributed by atoms with Crippen molar-refractivity contribution in [3.05, 3.63) is 29.3 Å². The molecule has 0 bridgehead atoms. The number of nitrogens with one attached hydrogen (secondary N) is 1. The topological polar surface area (TPSA) is 69.6 Å². The fraction of sp³-hybridized carbons (Fsp3) is 0.588. The molecule has 0 heterocycles. The summed E-state index contributed by atoms with van der Waals surface area (Å²) in [6.45, 7) is 4.27. The second kappa shape index (κ2) is 6.48. The van der Waals surface area contributed by atoms with Gasteiger partial charge in [-0.25, -0.2) is 0 Å². The van der Waals surface area contributed by atoms with Crippen molar-refractivity contribution in [1.29, 1.82) is 0 Å². The van der Waals surface area contributed by atoms with Gasteiger partial charge >= 0.3 is 0 Å². The van der Waals surface area contributed by atoms with Gasteiger partial charge in [-0.2, -0.15) is 0 Å². The van der Waals surface area contributed by atoms with Crippen LogP contribution in [0.2, 0.25) is 0 Å². The van der Waals surface area contributed by atoms with E-state index in [1.54, 1.807) is 19.1 Å². The van der Waals surface area contributed by atoms with Crippen LogP contribution < -0.4 is 5.32 Å². The van der Waals surface area contributed by atoms with Crippen molar-refractivity contribution in [2.24, 2.45) is 5.92 Å². The molecule has 3 N–H and O–H groups in total. The molecule has 1 saturated carbocycles. The Kier molecular flexibility index (Phi) is 4.88. The zero-order valence-electron chi connectivity index (χ0n) is 12.9. The van der Waals surface area contributed by atoms with Crippen molar-refractivity contribution < 1.29 is 15.0 Å². The second-order valence-corrected chi connectivity index (χ2v) is 6.26. The van der Waals surface area contributed by atoms with E-state index < -0.39 is 5.60 Å². The molecule has 4 heteroatoms. The molecule has 1 amide bonds. The van der Waals surface area contributed by atoms with Crippen LogP contribution in [0.3, 0.4) is 0 Å². The lowest BCUT2D eigenvalue weighted by Crippen LogP contribution is -2.45. The second-order valence-electron chi connectivity index (χ2n) is 6.26. The zero-order valence-corrected chi connectivity index (χ0v) is 12.9. The molecule has 1 aliphatic carbocycles. The van der Waals surface area contributed by atoms with Gasteiger partial charge in [0.05, 0.1) is 5.60 Å². The first-order valence-corrected chi connectivity index (χ1v) is 7.74. The third-order valence-electron chi connectivity index (χ3n) is 4.65. The Labute approximate surface area is 126 Å². The van der Waals surface area contributed by atoms with E-state index in [4.69, 9.17) is 0 Å². The maximum atomic E-state index is 12.2. The predicted octanol–water partition coefficient (Wildman–Crippen LogP) is 2.76. The molecule has 0 atom stereocenters. The Bertz CT molecular complexity index is 505. The number of phenols is 1. The number of amides is 1. The normalized spacial score (nSPS) is 25.6. The highest BCUT2D eigenvalue weighted by molar-refractivity contribution is 5.95. The van der Waals surface area contributed by atoms with Gasteiger partial charge < -0.3 is 15.5 Å². The number of carbonyl (C=O) groups excluding carboxylic acids is 1. The van der Waals surface area contributed by atoms with Crippen LogP contribution in [0.4, 0.5) is 0 Å². The van der Waals surface area contributed by atoms with Gasteiger partial charge in [0.2, 0.25) is 0 Å². The number of aryl methyl sites for hydroxylation is 1. The molecule has 0 radical (unpaired) electrons. The van der Waals surface area contributed by atoms with E-state index in [1.165, 1.54) is 6.07 Å². The summed E-state index contributed by atoms with van der Waals surface area (Å²) in [5.41, 5.74) is 0.499. The molecule has 1 aliphatic rings. The van der Waals surface area contributed by atoms with Gasteiger partial charge in [0.25, 0.3) is 5.91 Å². The van der Waals surface area contributed by atoms with Crippen LogP contribution in [0.15, 0.2) is 18.2 Å².